The molecule has 3 heteroatoms. The predicted octanol–water partition coefficient (Wildman–Crippen LogP) is 2.34. The normalized spacial score (nSPS) is 31.0. The second-order valence-corrected chi connectivity index (χ2v) is 5.50. The Balaban J connectivity index is 1.75. The predicted molar refractivity (Wildman–Crippen MR) is 69.8 cm³/mol. The van der Waals surface area contributed by atoms with Crippen molar-refractivity contribution in [2.45, 2.75) is 31.1 Å². The molecular formula is C15H19NO2. The molecule has 2 aliphatic rings. The number of nitrogens with one attached hydrogen (secondary N) is 1. The van der Waals surface area contributed by atoms with Crippen LogP contribution in [0.3, 0.4) is 0 Å². The van der Waals surface area contributed by atoms with Gasteiger partial charge < -0.3 is 10.4 Å². The van der Waals surface area contributed by atoms with Gasteiger partial charge in [-0.1, -0.05) is 24.3 Å². The van der Waals surface area contributed by atoms with Crippen molar-refractivity contribution < 1.29 is 9.90 Å². The second-order valence-electron chi connectivity index (χ2n) is 5.50. The minimum Gasteiger partial charge on any atom is -0.481 e. The fourth-order valence-corrected chi connectivity index (χ4v) is 3.02. The molecule has 2 fully saturated rings. The van der Waals surface area contributed by atoms with Gasteiger partial charge in [0.25, 0.3) is 0 Å². The first kappa shape index (κ1) is 11.7. The SMILES string of the molecule is O=C(O)C1CC1c1cccc(C2CCCNC2)c1. The molecule has 1 aliphatic carbocycles. The highest BCUT2D eigenvalue weighted by atomic mass is 16.4. The summed E-state index contributed by atoms with van der Waals surface area (Å²) in [4.78, 5) is 10.9. The van der Waals surface area contributed by atoms with Gasteiger partial charge in [-0.05, 0) is 48.8 Å². The standard InChI is InChI=1S/C15H19NO2/c17-15(18)14-8-13(14)11-4-1-3-10(7-11)12-5-2-6-16-9-12/h1,3-4,7,12-14,16H,2,5-6,8-9H2,(H,17,18). The molecule has 0 bridgehead atoms. The van der Waals surface area contributed by atoms with Crippen molar-refractivity contribution in [3.8, 4) is 0 Å². The lowest BCUT2D eigenvalue weighted by atomic mass is 9.90. The van der Waals surface area contributed by atoms with Gasteiger partial charge >= 0.3 is 5.97 Å². The van der Waals surface area contributed by atoms with Gasteiger partial charge in [-0.15, -0.1) is 0 Å². The molecule has 1 aromatic rings. The largest absolute Gasteiger partial charge is 0.481 e. The molecule has 1 saturated carbocycles. The van der Waals surface area contributed by atoms with Gasteiger partial charge in [-0.3, -0.25) is 4.79 Å². The Labute approximate surface area is 107 Å². The van der Waals surface area contributed by atoms with Crippen molar-refractivity contribution in [1.29, 1.82) is 0 Å². The van der Waals surface area contributed by atoms with Crippen LogP contribution in [0.5, 0.6) is 0 Å². The monoisotopic (exact) mass is 245 g/mol. The fraction of sp³-hybridized carbons (Fsp3) is 0.533. The van der Waals surface area contributed by atoms with Crippen LogP contribution in [-0.2, 0) is 4.79 Å². The summed E-state index contributed by atoms with van der Waals surface area (Å²) < 4.78 is 0. The third kappa shape index (κ3) is 2.27. The van der Waals surface area contributed by atoms with Crippen LogP contribution in [0, 0.1) is 5.92 Å². The summed E-state index contributed by atoms with van der Waals surface area (Å²) in [5.41, 5.74) is 2.58. The van der Waals surface area contributed by atoms with Crippen LogP contribution < -0.4 is 5.32 Å². The van der Waals surface area contributed by atoms with Crippen LogP contribution in [0.4, 0.5) is 0 Å². The summed E-state index contributed by atoms with van der Waals surface area (Å²) in [6.07, 6.45) is 3.28. The minimum atomic E-state index is -0.648. The molecule has 96 valence electrons. The van der Waals surface area contributed by atoms with Crippen molar-refractivity contribution in [2.24, 2.45) is 5.92 Å². The van der Waals surface area contributed by atoms with Gasteiger partial charge in [-0.2, -0.15) is 0 Å². The maximum Gasteiger partial charge on any atom is 0.307 e. The third-order valence-electron chi connectivity index (χ3n) is 4.21. The van der Waals surface area contributed by atoms with Gasteiger partial charge in [0.1, 0.15) is 0 Å². The van der Waals surface area contributed by atoms with E-state index in [0.29, 0.717) is 5.92 Å². The summed E-state index contributed by atoms with van der Waals surface area (Å²) in [7, 11) is 0. The number of hydrogen-bond acceptors (Lipinski definition) is 2. The van der Waals surface area contributed by atoms with E-state index in [4.69, 9.17) is 5.11 Å². The van der Waals surface area contributed by atoms with Gasteiger partial charge in [0, 0.05) is 6.54 Å². The highest BCUT2D eigenvalue weighted by Crippen LogP contribution is 2.48. The zero-order valence-electron chi connectivity index (χ0n) is 10.4. The molecule has 0 amide bonds. The highest BCUT2D eigenvalue weighted by molar-refractivity contribution is 5.75. The zero-order valence-corrected chi connectivity index (χ0v) is 10.4. The number of benzene rings is 1. The molecule has 1 heterocycles. The van der Waals surface area contributed by atoms with E-state index in [0.717, 1.165) is 19.5 Å². The summed E-state index contributed by atoms with van der Waals surface area (Å²) in [6.45, 7) is 2.18. The second kappa shape index (κ2) is 4.73. The maximum atomic E-state index is 10.9. The molecule has 3 atom stereocenters. The Morgan fingerprint density at radius 1 is 1.33 bits per heavy atom. The molecule has 18 heavy (non-hydrogen) atoms. The number of hydrogen-bond donors (Lipinski definition) is 2. The van der Waals surface area contributed by atoms with Crippen molar-refractivity contribution in [1.82, 2.24) is 5.32 Å². The highest BCUT2D eigenvalue weighted by Gasteiger charge is 2.44. The summed E-state index contributed by atoms with van der Waals surface area (Å²) in [6, 6.07) is 8.56. The number of piperidine rings is 1. The number of rotatable bonds is 3. The zero-order chi connectivity index (χ0) is 12.5. The van der Waals surface area contributed by atoms with Crippen molar-refractivity contribution in [3.63, 3.8) is 0 Å². The first-order valence-corrected chi connectivity index (χ1v) is 6.79. The Morgan fingerprint density at radius 2 is 2.17 bits per heavy atom. The van der Waals surface area contributed by atoms with Crippen molar-refractivity contribution >= 4 is 5.97 Å². The molecule has 1 aromatic carbocycles. The van der Waals surface area contributed by atoms with Crippen LogP contribution in [0.25, 0.3) is 0 Å². The first-order valence-electron chi connectivity index (χ1n) is 6.79. The van der Waals surface area contributed by atoms with Crippen LogP contribution >= 0.6 is 0 Å². The van der Waals surface area contributed by atoms with E-state index in [1.54, 1.807) is 0 Å². The van der Waals surface area contributed by atoms with E-state index < -0.39 is 5.97 Å². The van der Waals surface area contributed by atoms with Gasteiger partial charge in [-0.25, -0.2) is 0 Å². The number of carboxylic acids is 1. The molecule has 0 radical (unpaired) electrons. The minimum absolute atomic E-state index is 0.148. The van der Waals surface area contributed by atoms with E-state index >= 15 is 0 Å². The summed E-state index contributed by atoms with van der Waals surface area (Å²) in [5, 5.41) is 12.4. The lowest BCUT2D eigenvalue weighted by molar-refractivity contribution is -0.138. The molecule has 0 aromatic heterocycles. The topological polar surface area (TPSA) is 49.3 Å². The van der Waals surface area contributed by atoms with Crippen molar-refractivity contribution in [2.75, 3.05) is 13.1 Å². The molecule has 1 aliphatic heterocycles. The molecule has 1 saturated heterocycles. The average molecular weight is 245 g/mol. The molecule has 2 N–H and O–H groups in total. The van der Waals surface area contributed by atoms with Gasteiger partial charge in [0.2, 0.25) is 0 Å². The van der Waals surface area contributed by atoms with Crippen LogP contribution in [0.1, 0.15) is 42.2 Å². The Bertz CT molecular complexity index is 452. The molecular weight excluding hydrogens is 226 g/mol. The van der Waals surface area contributed by atoms with Crippen LogP contribution in [0.15, 0.2) is 24.3 Å². The van der Waals surface area contributed by atoms with Crippen LogP contribution in [0.2, 0.25) is 0 Å². The first-order chi connectivity index (χ1) is 8.75. The average Bonchev–Trinajstić information content (AvgIpc) is 3.20. The van der Waals surface area contributed by atoms with E-state index in [-0.39, 0.29) is 11.8 Å². The number of carboxylic acid groups (broad SMARTS) is 1. The van der Waals surface area contributed by atoms with E-state index in [1.165, 1.54) is 24.0 Å². The van der Waals surface area contributed by atoms with Gasteiger partial charge in [0.15, 0.2) is 0 Å². The molecule has 0 spiro atoms. The van der Waals surface area contributed by atoms with Crippen LogP contribution in [-0.4, -0.2) is 24.2 Å². The van der Waals surface area contributed by atoms with E-state index in [9.17, 15) is 4.79 Å². The summed E-state index contributed by atoms with van der Waals surface area (Å²) >= 11 is 0. The van der Waals surface area contributed by atoms with Gasteiger partial charge in [0.05, 0.1) is 5.92 Å². The Kier molecular flexibility index (Phi) is 3.08. The fourth-order valence-electron chi connectivity index (χ4n) is 3.02. The molecule has 3 rings (SSSR count). The summed E-state index contributed by atoms with van der Waals surface area (Å²) in [5.74, 6) is 0.0502. The molecule has 3 unspecified atom stereocenters. The lowest BCUT2D eigenvalue weighted by Gasteiger charge is -2.23. The lowest BCUT2D eigenvalue weighted by Crippen LogP contribution is -2.28. The van der Waals surface area contributed by atoms with Crippen molar-refractivity contribution in [3.05, 3.63) is 35.4 Å². The number of aliphatic carboxylic acids is 1. The third-order valence-corrected chi connectivity index (χ3v) is 4.21. The Hall–Kier alpha value is -1.35. The van der Waals surface area contributed by atoms with E-state index in [1.807, 2.05) is 0 Å². The Morgan fingerprint density at radius 3 is 2.83 bits per heavy atom. The van der Waals surface area contributed by atoms with E-state index in [2.05, 4.69) is 29.6 Å². The number of carbonyl (C=O) groups is 1. The maximum absolute atomic E-state index is 10.9. The quantitative estimate of drug-likeness (QED) is 0.859. The smallest absolute Gasteiger partial charge is 0.307 e. The molecule has 3 nitrogen and oxygen atoms in total.